The maximum atomic E-state index is 12.6. The zero-order chi connectivity index (χ0) is 39.6. The number of hydrogen-bond donors (Lipinski definition) is 2. The van der Waals surface area contributed by atoms with Crippen molar-refractivity contribution in [2.24, 2.45) is 0 Å². The van der Waals surface area contributed by atoms with E-state index < -0.39 is 32.5 Å². The molecular formula is C44H76NO8P. The predicted molar refractivity (Wildman–Crippen MR) is 224 cm³/mol. The van der Waals surface area contributed by atoms with Gasteiger partial charge in [0.05, 0.1) is 13.2 Å². The molecule has 0 saturated heterocycles. The molecule has 0 aliphatic heterocycles. The lowest BCUT2D eigenvalue weighted by Crippen LogP contribution is -2.29. The Morgan fingerprint density at radius 1 is 0.593 bits per heavy atom. The SMILES string of the molecule is CC/C=C\C/C=C\C/C=C\C/C=C\CCCCCCC(=O)OC(COC(=O)CCCCCCC/C=C\C/C=C\CCCCC)COP(=O)(O)OCCNC. The largest absolute Gasteiger partial charge is 0.472 e. The van der Waals surface area contributed by atoms with Crippen molar-refractivity contribution in [3.05, 3.63) is 72.9 Å². The fourth-order valence-electron chi connectivity index (χ4n) is 5.16. The van der Waals surface area contributed by atoms with E-state index in [4.69, 9.17) is 18.5 Å². The lowest BCUT2D eigenvalue weighted by molar-refractivity contribution is -0.161. The van der Waals surface area contributed by atoms with Crippen LogP contribution in [0.4, 0.5) is 0 Å². The van der Waals surface area contributed by atoms with Gasteiger partial charge in [-0.15, -0.1) is 0 Å². The minimum absolute atomic E-state index is 0.0282. The second kappa shape index (κ2) is 40.1. The van der Waals surface area contributed by atoms with Gasteiger partial charge in [0.1, 0.15) is 6.61 Å². The molecule has 0 aliphatic carbocycles. The fraction of sp³-hybridized carbons (Fsp3) is 0.682. The van der Waals surface area contributed by atoms with E-state index in [2.05, 4.69) is 92.1 Å². The summed E-state index contributed by atoms with van der Waals surface area (Å²) in [5.74, 6) is -0.858. The van der Waals surface area contributed by atoms with Gasteiger partial charge in [-0.3, -0.25) is 18.6 Å². The van der Waals surface area contributed by atoms with Crippen LogP contribution in [0.2, 0.25) is 0 Å². The summed E-state index contributed by atoms with van der Waals surface area (Å²) in [5, 5.41) is 2.82. The molecule has 0 heterocycles. The van der Waals surface area contributed by atoms with E-state index in [1.165, 1.54) is 25.7 Å². The highest BCUT2D eigenvalue weighted by Gasteiger charge is 2.26. The molecule has 0 aliphatic rings. The van der Waals surface area contributed by atoms with Crippen molar-refractivity contribution in [3.8, 4) is 0 Å². The van der Waals surface area contributed by atoms with E-state index in [9.17, 15) is 19.0 Å². The van der Waals surface area contributed by atoms with Crippen LogP contribution in [0, 0.1) is 0 Å². The molecular weight excluding hydrogens is 701 g/mol. The average Bonchev–Trinajstić information content (AvgIpc) is 3.15. The maximum absolute atomic E-state index is 12.6. The zero-order valence-electron chi connectivity index (χ0n) is 34.1. The average molecular weight is 778 g/mol. The molecule has 10 heteroatoms. The van der Waals surface area contributed by atoms with Crippen molar-refractivity contribution in [1.29, 1.82) is 0 Å². The fourth-order valence-corrected chi connectivity index (χ4v) is 5.91. The second-order valence-electron chi connectivity index (χ2n) is 13.4. The molecule has 0 aromatic heterocycles. The normalized spacial score (nSPS) is 14.1. The number of carbonyl (C=O) groups is 2. The molecule has 9 nitrogen and oxygen atoms in total. The van der Waals surface area contributed by atoms with Crippen molar-refractivity contribution >= 4 is 19.8 Å². The van der Waals surface area contributed by atoms with E-state index in [0.29, 0.717) is 19.4 Å². The van der Waals surface area contributed by atoms with E-state index in [-0.39, 0.29) is 26.1 Å². The number of carbonyl (C=O) groups excluding carboxylic acids is 2. The molecule has 2 atom stereocenters. The Hall–Kier alpha value is -2.55. The number of rotatable bonds is 38. The van der Waals surface area contributed by atoms with Crippen LogP contribution in [0.1, 0.15) is 155 Å². The number of phosphoric acid groups is 1. The quantitative estimate of drug-likeness (QED) is 0.0273. The van der Waals surface area contributed by atoms with Crippen LogP contribution in [0.3, 0.4) is 0 Å². The first-order valence-electron chi connectivity index (χ1n) is 20.9. The molecule has 0 aromatic rings. The van der Waals surface area contributed by atoms with E-state index in [0.717, 1.165) is 89.9 Å². The lowest BCUT2D eigenvalue weighted by atomic mass is 10.1. The number of allylic oxidation sites excluding steroid dienone is 12. The minimum Gasteiger partial charge on any atom is -0.462 e. The third-order valence-corrected chi connectivity index (χ3v) is 9.29. The van der Waals surface area contributed by atoms with Crippen LogP contribution in [0.5, 0.6) is 0 Å². The van der Waals surface area contributed by atoms with Gasteiger partial charge < -0.3 is 19.7 Å². The molecule has 0 saturated carbocycles. The Kier molecular flexibility index (Phi) is 38.2. The number of ether oxygens (including phenoxy) is 2. The van der Waals surface area contributed by atoms with Crippen molar-refractivity contribution < 1.29 is 37.6 Å². The number of hydrogen-bond acceptors (Lipinski definition) is 8. The summed E-state index contributed by atoms with van der Waals surface area (Å²) >= 11 is 0. The molecule has 2 N–H and O–H groups in total. The van der Waals surface area contributed by atoms with Gasteiger partial charge in [0.2, 0.25) is 0 Å². The molecule has 2 unspecified atom stereocenters. The first kappa shape index (κ1) is 51.5. The van der Waals surface area contributed by atoms with Gasteiger partial charge in [0, 0.05) is 19.4 Å². The van der Waals surface area contributed by atoms with Crippen LogP contribution >= 0.6 is 7.82 Å². The summed E-state index contributed by atoms with van der Waals surface area (Å²) < 4.78 is 33.1. The number of esters is 2. The molecule has 54 heavy (non-hydrogen) atoms. The van der Waals surface area contributed by atoms with Gasteiger partial charge >= 0.3 is 19.8 Å². The first-order valence-corrected chi connectivity index (χ1v) is 22.4. The van der Waals surface area contributed by atoms with E-state index >= 15 is 0 Å². The van der Waals surface area contributed by atoms with Gasteiger partial charge in [0.25, 0.3) is 0 Å². The smallest absolute Gasteiger partial charge is 0.462 e. The summed E-state index contributed by atoms with van der Waals surface area (Å²) in [4.78, 5) is 35.0. The summed E-state index contributed by atoms with van der Waals surface area (Å²) in [6, 6.07) is 0. The van der Waals surface area contributed by atoms with Crippen molar-refractivity contribution in [3.63, 3.8) is 0 Å². The molecule has 0 rings (SSSR count). The number of unbranched alkanes of at least 4 members (excludes halogenated alkanes) is 12. The highest BCUT2D eigenvalue weighted by molar-refractivity contribution is 7.47. The summed E-state index contributed by atoms with van der Waals surface area (Å²) in [5.41, 5.74) is 0. The first-order chi connectivity index (χ1) is 26.3. The van der Waals surface area contributed by atoms with Crippen LogP contribution in [0.25, 0.3) is 0 Å². The Morgan fingerprint density at radius 3 is 1.57 bits per heavy atom. The van der Waals surface area contributed by atoms with E-state index in [1.807, 2.05) is 0 Å². The Bertz CT molecular complexity index is 1110. The third kappa shape index (κ3) is 39.2. The topological polar surface area (TPSA) is 120 Å². The summed E-state index contributed by atoms with van der Waals surface area (Å²) in [7, 11) is -2.67. The number of phosphoric ester groups is 1. The second-order valence-corrected chi connectivity index (χ2v) is 14.9. The van der Waals surface area contributed by atoms with Crippen LogP contribution < -0.4 is 5.32 Å². The molecule has 0 spiro atoms. The van der Waals surface area contributed by atoms with Gasteiger partial charge in [-0.25, -0.2) is 4.57 Å². The van der Waals surface area contributed by atoms with Crippen LogP contribution in [-0.2, 0) is 32.7 Å². The zero-order valence-corrected chi connectivity index (χ0v) is 35.0. The van der Waals surface area contributed by atoms with Crippen molar-refractivity contribution in [2.75, 3.05) is 33.4 Å². The molecule has 310 valence electrons. The molecule has 0 radical (unpaired) electrons. The number of nitrogens with one attached hydrogen (secondary N) is 1. The molecule has 0 aromatic carbocycles. The lowest BCUT2D eigenvalue weighted by Gasteiger charge is -2.20. The molecule has 0 fully saturated rings. The molecule has 0 bridgehead atoms. The maximum Gasteiger partial charge on any atom is 0.472 e. The highest BCUT2D eigenvalue weighted by Crippen LogP contribution is 2.43. The summed E-state index contributed by atoms with van der Waals surface area (Å²) in [6.07, 6.45) is 46.5. The van der Waals surface area contributed by atoms with Gasteiger partial charge in [-0.1, -0.05) is 132 Å². The standard InChI is InChI=1S/C44H76NO8P/c1-4-6-8-10-12-14-16-18-20-21-23-25-27-29-31-33-35-37-44(47)53-42(41-52-54(48,49)51-39-38-45-3)40-50-43(46)36-34-32-30-28-26-24-22-19-17-15-13-11-9-7-5-2/h6,8,12-15,18-20,22-23,25,42,45H,4-5,7,9-11,16-17,21,24,26-41H2,1-3H3,(H,48,49)/b8-6-,14-12-,15-13-,20-18-,22-19-,25-23-. The molecule has 0 amide bonds. The predicted octanol–water partition coefficient (Wildman–Crippen LogP) is 11.8. The van der Waals surface area contributed by atoms with Gasteiger partial charge in [0.15, 0.2) is 6.10 Å². The third-order valence-electron chi connectivity index (χ3n) is 8.31. The minimum atomic E-state index is -4.36. The monoisotopic (exact) mass is 778 g/mol. The van der Waals surface area contributed by atoms with E-state index in [1.54, 1.807) is 7.05 Å². The van der Waals surface area contributed by atoms with Gasteiger partial charge in [-0.05, 0) is 90.5 Å². The van der Waals surface area contributed by atoms with Crippen LogP contribution in [0.15, 0.2) is 72.9 Å². The van der Waals surface area contributed by atoms with Crippen molar-refractivity contribution in [1.82, 2.24) is 5.32 Å². The summed E-state index contributed by atoms with van der Waals surface area (Å²) in [6.45, 7) is 4.02. The Labute approximate surface area is 329 Å². The van der Waals surface area contributed by atoms with Gasteiger partial charge in [-0.2, -0.15) is 0 Å². The Morgan fingerprint density at radius 2 is 1.06 bits per heavy atom. The van der Waals surface area contributed by atoms with Crippen LogP contribution in [-0.4, -0.2) is 56.3 Å². The number of likely N-dealkylation sites (N-methyl/N-ethyl adjacent to an activating group) is 1. The Balaban J connectivity index is 4.34. The van der Waals surface area contributed by atoms with Crippen molar-refractivity contribution in [2.45, 2.75) is 161 Å². The highest BCUT2D eigenvalue weighted by atomic mass is 31.2.